The predicted molar refractivity (Wildman–Crippen MR) is 88.3 cm³/mol. The van der Waals surface area contributed by atoms with Crippen molar-refractivity contribution in [2.75, 3.05) is 11.9 Å². The Hall–Kier alpha value is -2.08. The molecule has 23 heavy (non-hydrogen) atoms. The minimum absolute atomic E-state index is 0.210. The molecule has 0 saturated heterocycles. The van der Waals surface area contributed by atoms with Gasteiger partial charge in [-0.05, 0) is 37.3 Å². The van der Waals surface area contributed by atoms with Crippen molar-refractivity contribution in [1.29, 1.82) is 0 Å². The summed E-state index contributed by atoms with van der Waals surface area (Å²) in [6.07, 6.45) is 2.57. The molecular weight excluding hydrogens is 312 g/mol. The van der Waals surface area contributed by atoms with Crippen molar-refractivity contribution in [3.63, 3.8) is 0 Å². The summed E-state index contributed by atoms with van der Waals surface area (Å²) in [5, 5.41) is 3.54. The molecule has 0 spiro atoms. The highest BCUT2D eigenvalue weighted by molar-refractivity contribution is 7.15. The number of aromatic nitrogens is 1. The van der Waals surface area contributed by atoms with Gasteiger partial charge in [-0.15, -0.1) is 11.3 Å². The molecule has 1 aromatic carbocycles. The summed E-state index contributed by atoms with van der Waals surface area (Å²) >= 11 is 1.58. The molecule has 0 fully saturated rings. The van der Waals surface area contributed by atoms with Crippen LogP contribution in [-0.4, -0.2) is 23.6 Å². The van der Waals surface area contributed by atoms with Gasteiger partial charge in [0.1, 0.15) is 6.61 Å². The maximum atomic E-state index is 12.4. The summed E-state index contributed by atoms with van der Waals surface area (Å²) in [5.41, 5.74) is 1.13. The SMILES string of the molecule is C[C@@H]1CCc2nc(NC(=O)[C@@H]3COc4ccccc4O3)sc2C1. The molecule has 1 aliphatic carbocycles. The van der Waals surface area contributed by atoms with Crippen LogP contribution in [0.5, 0.6) is 11.5 Å². The van der Waals surface area contributed by atoms with E-state index in [1.807, 2.05) is 18.2 Å². The maximum Gasteiger partial charge on any atom is 0.270 e. The molecule has 2 atom stereocenters. The highest BCUT2D eigenvalue weighted by Gasteiger charge is 2.28. The van der Waals surface area contributed by atoms with Gasteiger partial charge in [-0.1, -0.05) is 19.1 Å². The van der Waals surface area contributed by atoms with Crippen molar-refractivity contribution in [3.8, 4) is 11.5 Å². The lowest BCUT2D eigenvalue weighted by molar-refractivity contribution is -0.125. The van der Waals surface area contributed by atoms with Gasteiger partial charge in [0.05, 0.1) is 5.69 Å². The van der Waals surface area contributed by atoms with Gasteiger partial charge in [0.2, 0.25) is 6.10 Å². The van der Waals surface area contributed by atoms with Gasteiger partial charge in [0.15, 0.2) is 16.6 Å². The van der Waals surface area contributed by atoms with Gasteiger partial charge >= 0.3 is 0 Å². The second-order valence-electron chi connectivity index (χ2n) is 6.09. The second kappa shape index (κ2) is 5.85. The number of hydrogen-bond donors (Lipinski definition) is 1. The van der Waals surface area contributed by atoms with Gasteiger partial charge in [0.25, 0.3) is 5.91 Å². The number of thiazole rings is 1. The highest BCUT2D eigenvalue weighted by atomic mass is 32.1. The molecule has 2 aromatic rings. The first-order valence-electron chi connectivity index (χ1n) is 7.87. The lowest BCUT2D eigenvalue weighted by Gasteiger charge is -2.25. The van der Waals surface area contributed by atoms with E-state index in [0.29, 0.717) is 22.5 Å². The minimum atomic E-state index is -0.648. The lowest BCUT2D eigenvalue weighted by atomic mass is 9.93. The third kappa shape index (κ3) is 2.91. The summed E-state index contributed by atoms with van der Waals surface area (Å²) in [6, 6.07) is 7.37. The summed E-state index contributed by atoms with van der Waals surface area (Å²) in [4.78, 5) is 18.3. The standard InChI is InChI=1S/C17H18N2O3S/c1-10-6-7-11-15(8-10)23-17(18-11)19-16(20)14-9-21-12-4-2-3-5-13(12)22-14/h2-5,10,14H,6-9H2,1H3,(H,18,19,20)/t10-,14+/m1/s1. The Kier molecular flexibility index (Phi) is 3.69. The first-order valence-corrected chi connectivity index (χ1v) is 8.68. The van der Waals surface area contributed by atoms with E-state index >= 15 is 0 Å². The summed E-state index contributed by atoms with van der Waals surface area (Å²) in [7, 11) is 0. The summed E-state index contributed by atoms with van der Waals surface area (Å²) < 4.78 is 11.3. The maximum absolute atomic E-state index is 12.4. The number of ether oxygens (including phenoxy) is 2. The topological polar surface area (TPSA) is 60.5 Å². The Morgan fingerprint density at radius 3 is 3.04 bits per heavy atom. The molecule has 6 heteroatoms. The fourth-order valence-electron chi connectivity index (χ4n) is 2.93. The third-order valence-corrected chi connectivity index (χ3v) is 5.25. The minimum Gasteiger partial charge on any atom is -0.485 e. The number of rotatable bonds is 2. The number of nitrogens with zero attached hydrogens (tertiary/aromatic N) is 1. The molecule has 2 heterocycles. The molecule has 0 radical (unpaired) electrons. The monoisotopic (exact) mass is 330 g/mol. The van der Waals surface area contributed by atoms with Crippen molar-refractivity contribution in [1.82, 2.24) is 4.98 Å². The number of anilines is 1. The Bertz CT molecular complexity index is 743. The van der Waals surface area contributed by atoms with E-state index in [-0.39, 0.29) is 12.5 Å². The number of carbonyl (C=O) groups is 1. The zero-order chi connectivity index (χ0) is 15.8. The predicted octanol–water partition coefficient (Wildman–Crippen LogP) is 3.05. The number of fused-ring (bicyclic) bond motifs is 2. The van der Waals surface area contributed by atoms with Crippen LogP contribution in [0.4, 0.5) is 5.13 Å². The first kappa shape index (κ1) is 14.5. The molecule has 2 aliphatic rings. The quantitative estimate of drug-likeness (QED) is 0.919. The number of para-hydroxylation sites is 2. The van der Waals surface area contributed by atoms with Crippen LogP contribution in [0, 0.1) is 5.92 Å². The zero-order valence-corrected chi connectivity index (χ0v) is 13.7. The van der Waals surface area contributed by atoms with Crippen LogP contribution in [0.25, 0.3) is 0 Å². The van der Waals surface area contributed by atoms with Gasteiger partial charge in [0, 0.05) is 4.88 Å². The molecule has 1 aliphatic heterocycles. The zero-order valence-electron chi connectivity index (χ0n) is 12.9. The van der Waals surface area contributed by atoms with Crippen LogP contribution in [0.3, 0.4) is 0 Å². The molecule has 0 unspecified atom stereocenters. The molecule has 5 nitrogen and oxygen atoms in total. The van der Waals surface area contributed by atoms with E-state index < -0.39 is 6.10 Å². The van der Waals surface area contributed by atoms with Gasteiger partial charge in [-0.3, -0.25) is 10.1 Å². The summed E-state index contributed by atoms with van der Waals surface area (Å²) in [6.45, 7) is 2.47. The number of carbonyl (C=O) groups excluding carboxylic acids is 1. The molecular formula is C17H18N2O3S. The van der Waals surface area contributed by atoms with Crippen molar-refractivity contribution in [3.05, 3.63) is 34.8 Å². The number of aryl methyl sites for hydroxylation is 1. The molecule has 0 saturated carbocycles. The van der Waals surface area contributed by atoms with E-state index in [2.05, 4.69) is 17.2 Å². The van der Waals surface area contributed by atoms with E-state index in [1.165, 1.54) is 11.3 Å². The Balaban J connectivity index is 1.45. The van der Waals surface area contributed by atoms with Gasteiger partial charge in [-0.2, -0.15) is 0 Å². The molecule has 120 valence electrons. The Morgan fingerprint density at radius 1 is 1.35 bits per heavy atom. The van der Waals surface area contributed by atoms with Crippen LogP contribution >= 0.6 is 11.3 Å². The van der Waals surface area contributed by atoms with E-state index in [9.17, 15) is 4.79 Å². The summed E-state index contributed by atoms with van der Waals surface area (Å²) in [5.74, 6) is 1.76. The Labute approximate surface area is 138 Å². The van der Waals surface area contributed by atoms with Crippen molar-refractivity contribution < 1.29 is 14.3 Å². The van der Waals surface area contributed by atoms with Crippen LogP contribution in [-0.2, 0) is 17.6 Å². The van der Waals surface area contributed by atoms with E-state index in [0.717, 1.165) is 18.5 Å². The lowest BCUT2D eigenvalue weighted by Crippen LogP contribution is -2.40. The number of nitrogens with one attached hydrogen (secondary N) is 1. The molecule has 1 amide bonds. The highest BCUT2D eigenvalue weighted by Crippen LogP contribution is 2.33. The Morgan fingerprint density at radius 2 is 2.17 bits per heavy atom. The fourth-order valence-corrected chi connectivity index (χ4v) is 4.10. The smallest absolute Gasteiger partial charge is 0.270 e. The largest absolute Gasteiger partial charge is 0.485 e. The third-order valence-electron chi connectivity index (χ3n) is 4.22. The number of hydrogen-bond acceptors (Lipinski definition) is 5. The average Bonchev–Trinajstić information content (AvgIpc) is 2.95. The van der Waals surface area contributed by atoms with Gasteiger partial charge < -0.3 is 9.47 Å². The fraction of sp³-hybridized carbons (Fsp3) is 0.412. The molecule has 0 bridgehead atoms. The average molecular weight is 330 g/mol. The molecule has 1 aromatic heterocycles. The van der Waals surface area contributed by atoms with Crippen LogP contribution in [0.1, 0.15) is 23.9 Å². The van der Waals surface area contributed by atoms with Gasteiger partial charge in [-0.25, -0.2) is 4.98 Å². The number of benzene rings is 1. The van der Waals surface area contributed by atoms with Crippen LogP contribution < -0.4 is 14.8 Å². The van der Waals surface area contributed by atoms with Crippen molar-refractivity contribution in [2.45, 2.75) is 32.3 Å². The van der Waals surface area contributed by atoms with Crippen LogP contribution in [0.2, 0.25) is 0 Å². The van der Waals surface area contributed by atoms with Crippen molar-refractivity contribution in [2.24, 2.45) is 5.92 Å². The first-order chi connectivity index (χ1) is 11.2. The van der Waals surface area contributed by atoms with E-state index in [1.54, 1.807) is 17.4 Å². The van der Waals surface area contributed by atoms with Crippen molar-refractivity contribution >= 4 is 22.4 Å². The normalized spacial score (nSPS) is 22.3. The van der Waals surface area contributed by atoms with E-state index in [4.69, 9.17) is 9.47 Å². The number of amides is 1. The van der Waals surface area contributed by atoms with Crippen LogP contribution in [0.15, 0.2) is 24.3 Å². The molecule has 1 N–H and O–H groups in total. The second-order valence-corrected chi connectivity index (χ2v) is 7.17. The molecule has 4 rings (SSSR count).